The van der Waals surface area contributed by atoms with Gasteiger partial charge in [0.2, 0.25) is 0 Å². The van der Waals surface area contributed by atoms with Gasteiger partial charge in [0, 0.05) is 28.9 Å². The van der Waals surface area contributed by atoms with E-state index in [9.17, 15) is 10.1 Å². The molecular weight excluding hydrogens is 500 g/mol. The number of hydrogen-bond donors (Lipinski definition) is 1. The number of benzene rings is 1. The molecule has 34 heavy (non-hydrogen) atoms. The lowest BCUT2D eigenvalue weighted by Crippen LogP contribution is -2.44. The fourth-order valence-electron chi connectivity index (χ4n) is 4.61. The molecule has 8 nitrogen and oxygen atoms in total. The molecule has 174 valence electrons. The van der Waals surface area contributed by atoms with Crippen LogP contribution in [0.2, 0.25) is 0 Å². The van der Waals surface area contributed by atoms with Crippen molar-refractivity contribution >= 4 is 27.5 Å². The maximum absolute atomic E-state index is 12.9. The molecule has 3 aromatic rings. The number of nitrogens with zero attached hydrogens (tertiary/aromatic N) is 2. The molecule has 1 aliphatic heterocycles. The third kappa shape index (κ3) is 4.14. The lowest BCUT2D eigenvalue weighted by molar-refractivity contribution is -0.397. The van der Waals surface area contributed by atoms with E-state index in [4.69, 9.17) is 19.7 Å². The van der Waals surface area contributed by atoms with Gasteiger partial charge in [-0.25, -0.2) is 15.8 Å². The van der Waals surface area contributed by atoms with Crippen LogP contribution in [-0.2, 0) is 14.9 Å². The van der Waals surface area contributed by atoms with Crippen LogP contribution in [0.1, 0.15) is 41.9 Å². The first kappa shape index (κ1) is 22.7. The van der Waals surface area contributed by atoms with Gasteiger partial charge < -0.3 is 13.9 Å². The second-order valence-corrected chi connectivity index (χ2v) is 9.52. The number of aromatic nitrogens is 1. The van der Waals surface area contributed by atoms with Crippen LogP contribution in [-0.4, -0.2) is 24.9 Å². The number of nitrogens with one attached hydrogen (secondary N) is 1. The molecule has 3 N–H and O–H groups in total. The van der Waals surface area contributed by atoms with Gasteiger partial charge in [0.1, 0.15) is 16.9 Å². The van der Waals surface area contributed by atoms with Crippen molar-refractivity contribution in [3.63, 3.8) is 0 Å². The standard InChI is InChI=1S/C25H23BrN4O4/c26-18-3-1-17(2-4-18)20-6-7-21(34-20)23(31)30(28)19-5-8-22(29-15-19)24(16-27)9-11-25(12-10-24)32-13-14-33-25/h1-8,15H,9-14,28H2/p+1. The van der Waals surface area contributed by atoms with Crippen LogP contribution >= 0.6 is 15.9 Å². The number of pyridine rings is 1. The van der Waals surface area contributed by atoms with Crippen LogP contribution in [0.25, 0.3) is 11.3 Å². The number of halogens is 1. The predicted molar refractivity (Wildman–Crippen MR) is 126 cm³/mol. The number of nitrogens with two attached hydrogens (primary N) is 1. The topological polar surface area (TPSA) is 116 Å². The van der Waals surface area contributed by atoms with E-state index in [1.54, 1.807) is 24.4 Å². The number of hydrogen-bond acceptors (Lipinski definition) is 6. The first-order chi connectivity index (χ1) is 16.4. The first-order valence-corrected chi connectivity index (χ1v) is 11.9. The molecule has 0 atom stereocenters. The molecule has 0 unspecified atom stereocenters. The Morgan fingerprint density at radius 1 is 1.03 bits per heavy atom. The summed E-state index contributed by atoms with van der Waals surface area (Å²) in [6, 6.07) is 17.0. The highest BCUT2D eigenvalue weighted by molar-refractivity contribution is 9.10. The highest BCUT2D eigenvalue weighted by atomic mass is 79.9. The average molecular weight is 524 g/mol. The molecule has 3 heterocycles. The monoisotopic (exact) mass is 523 g/mol. The third-order valence-corrected chi connectivity index (χ3v) is 7.18. The molecule has 5 rings (SSSR count). The number of amides is 1. The number of carbonyl (C=O) groups is 1. The van der Waals surface area contributed by atoms with Crippen molar-refractivity contribution in [1.82, 2.24) is 0 Å². The summed E-state index contributed by atoms with van der Waals surface area (Å²) >= 11 is 3.40. The van der Waals surface area contributed by atoms with Gasteiger partial charge in [0.15, 0.2) is 23.4 Å². The van der Waals surface area contributed by atoms with E-state index in [0.717, 1.165) is 20.7 Å². The molecule has 1 aromatic carbocycles. The molecule has 1 amide bonds. The molecule has 0 bridgehead atoms. The summed E-state index contributed by atoms with van der Waals surface area (Å²) in [7, 11) is 0. The summed E-state index contributed by atoms with van der Waals surface area (Å²) in [5.41, 5.74) is 1.43. The number of aromatic amines is 1. The van der Waals surface area contributed by atoms with E-state index in [-0.39, 0.29) is 5.76 Å². The summed E-state index contributed by atoms with van der Waals surface area (Å²) in [4.78, 5) is 16.1. The molecular formula is C25H24BrN4O4+. The quantitative estimate of drug-likeness (QED) is 0.312. The van der Waals surface area contributed by atoms with E-state index in [1.807, 2.05) is 30.3 Å². The van der Waals surface area contributed by atoms with Gasteiger partial charge in [0.25, 0.3) is 0 Å². The summed E-state index contributed by atoms with van der Waals surface area (Å²) in [6.07, 6.45) is 4.21. The Morgan fingerprint density at radius 2 is 1.74 bits per heavy atom. The van der Waals surface area contributed by atoms with E-state index < -0.39 is 17.1 Å². The molecule has 1 saturated carbocycles. The van der Waals surface area contributed by atoms with Crippen molar-refractivity contribution in [2.24, 2.45) is 5.84 Å². The summed E-state index contributed by atoms with van der Waals surface area (Å²) in [5, 5.41) is 11.0. The van der Waals surface area contributed by atoms with Crippen molar-refractivity contribution in [3.8, 4) is 17.4 Å². The van der Waals surface area contributed by atoms with Crippen LogP contribution in [0.5, 0.6) is 0 Å². The fourth-order valence-corrected chi connectivity index (χ4v) is 4.87. The van der Waals surface area contributed by atoms with Crippen LogP contribution < -0.4 is 15.8 Å². The number of carbonyl (C=O) groups excluding carboxylic acids is 1. The number of nitriles is 1. The molecule has 1 spiro atoms. The Labute approximate surface area is 205 Å². The van der Waals surface area contributed by atoms with E-state index >= 15 is 0 Å². The molecule has 1 saturated heterocycles. The second-order valence-electron chi connectivity index (χ2n) is 8.61. The molecule has 9 heteroatoms. The Bertz CT molecular complexity index is 1220. The van der Waals surface area contributed by atoms with E-state index in [1.165, 1.54) is 0 Å². The Balaban J connectivity index is 1.30. The zero-order valence-corrected chi connectivity index (χ0v) is 20.0. The highest BCUT2D eigenvalue weighted by Crippen LogP contribution is 2.45. The van der Waals surface area contributed by atoms with Gasteiger partial charge in [-0.15, -0.1) is 0 Å². The van der Waals surface area contributed by atoms with Crippen LogP contribution in [0, 0.1) is 11.3 Å². The molecule has 2 aromatic heterocycles. The van der Waals surface area contributed by atoms with Crippen LogP contribution in [0.4, 0.5) is 5.69 Å². The number of anilines is 1. The summed E-state index contributed by atoms with van der Waals surface area (Å²) in [6.45, 7) is 1.20. The van der Waals surface area contributed by atoms with Crippen molar-refractivity contribution in [2.75, 3.05) is 18.2 Å². The van der Waals surface area contributed by atoms with Gasteiger partial charge in [-0.2, -0.15) is 5.26 Å². The molecule has 2 aliphatic rings. The summed E-state index contributed by atoms with van der Waals surface area (Å²) in [5.74, 6) is 5.80. The smallest absolute Gasteiger partial charge is 0.308 e. The number of H-pyrrole nitrogens is 1. The minimum Gasteiger partial charge on any atom is -0.451 e. The maximum Gasteiger partial charge on any atom is 0.308 e. The van der Waals surface area contributed by atoms with Crippen molar-refractivity contribution < 1.29 is 23.7 Å². The minimum atomic E-state index is -0.664. The maximum atomic E-state index is 12.9. The zero-order valence-electron chi connectivity index (χ0n) is 18.4. The van der Waals surface area contributed by atoms with Crippen LogP contribution in [0.15, 0.2) is 63.6 Å². The highest BCUT2D eigenvalue weighted by Gasteiger charge is 2.50. The predicted octanol–water partition coefficient (Wildman–Crippen LogP) is 4.12. The van der Waals surface area contributed by atoms with Gasteiger partial charge in [-0.1, -0.05) is 28.1 Å². The van der Waals surface area contributed by atoms with Crippen molar-refractivity contribution in [2.45, 2.75) is 36.9 Å². The fraction of sp³-hybridized carbons (Fsp3) is 0.320. The lowest BCUT2D eigenvalue weighted by atomic mass is 9.70. The first-order valence-electron chi connectivity index (χ1n) is 11.1. The number of furan rings is 1. The minimum absolute atomic E-state index is 0.132. The summed E-state index contributed by atoms with van der Waals surface area (Å²) < 4.78 is 18.3. The number of ether oxygens (including phenoxy) is 2. The normalized spacial score (nSPS) is 18.5. The Kier molecular flexibility index (Phi) is 6.00. The van der Waals surface area contributed by atoms with Gasteiger partial charge in [0.05, 0.1) is 19.3 Å². The lowest BCUT2D eigenvalue weighted by Gasteiger charge is -2.37. The SMILES string of the molecule is N#CC1(c2ccc(N(N)C(=O)c3ccc(-c4ccc(Br)cc4)o3)c[nH+]2)CCC2(CC1)OCCO2. The van der Waals surface area contributed by atoms with E-state index in [2.05, 4.69) is 27.0 Å². The third-order valence-electron chi connectivity index (χ3n) is 6.65. The van der Waals surface area contributed by atoms with Gasteiger partial charge in [-0.05, 0) is 43.2 Å². The average Bonchev–Trinajstić information content (AvgIpc) is 3.55. The second kappa shape index (κ2) is 8.96. The van der Waals surface area contributed by atoms with Crippen molar-refractivity contribution in [1.29, 1.82) is 5.26 Å². The van der Waals surface area contributed by atoms with Gasteiger partial charge >= 0.3 is 5.91 Å². The van der Waals surface area contributed by atoms with E-state index in [0.29, 0.717) is 50.3 Å². The number of rotatable bonds is 4. The molecule has 2 fully saturated rings. The van der Waals surface area contributed by atoms with Gasteiger partial charge in [-0.3, -0.25) is 4.79 Å². The largest absolute Gasteiger partial charge is 0.451 e. The Morgan fingerprint density at radius 3 is 2.35 bits per heavy atom. The van der Waals surface area contributed by atoms with Crippen molar-refractivity contribution in [3.05, 3.63) is 70.7 Å². The number of hydrazine groups is 1. The van der Waals surface area contributed by atoms with Crippen LogP contribution in [0.3, 0.4) is 0 Å². The molecule has 0 radical (unpaired) electrons. The zero-order chi connectivity index (χ0) is 23.8. The molecule has 1 aliphatic carbocycles. The Hall–Kier alpha value is -3.03.